The molecule has 1 heterocycles. The summed E-state index contributed by atoms with van der Waals surface area (Å²) in [4.78, 5) is 4.68. The van der Waals surface area contributed by atoms with Crippen LogP contribution in [0.25, 0.3) is 0 Å². The number of aromatic hydroxyl groups is 1. The average molecular weight is 289 g/mol. The molecule has 0 aliphatic carbocycles. The predicted molar refractivity (Wildman–Crippen MR) is 84.6 cm³/mol. The monoisotopic (exact) mass is 289 g/mol. The number of hydrogen-bond acceptors (Lipinski definition) is 4. The van der Waals surface area contributed by atoms with E-state index in [1.165, 1.54) is 32.6 Å². The number of hydrogen-bond donors (Lipinski definition) is 1. The number of rotatable bonds is 6. The largest absolute Gasteiger partial charge is 0.502 e. The second-order valence-corrected chi connectivity index (χ2v) is 5.26. The summed E-state index contributed by atoms with van der Waals surface area (Å²) in [5.41, 5.74) is 4.46. The third-order valence-corrected chi connectivity index (χ3v) is 3.84. The van der Waals surface area contributed by atoms with E-state index in [1.54, 1.807) is 0 Å². The average Bonchev–Trinajstić information content (AvgIpc) is 2.86. The molecule has 1 aliphatic heterocycles. The van der Waals surface area contributed by atoms with Crippen LogP contribution in [0.4, 0.5) is 0 Å². The second kappa shape index (κ2) is 6.66. The molecule has 21 heavy (non-hydrogen) atoms. The zero-order chi connectivity index (χ0) is 15.4. The SMILES string of the molecule is CCCCC1=C(C)N=C(c2cc(OC)c(O)c(OC)c2)C1. The van der Waals surface area contributed by atoms with Crippen molar-refractivity contribution in [1.82, 2.24) is 0 Å². The maximum absolute atomic E-state index is 9.98. The van der Waals surface area contributed by atoms with Crippen molar-refractivity contribution in [1.29, 1.82) is 0 Å². The van der Waals surface area contributed by atoms with Crippen LogP contribution in [0.3, 0.4) is 0 Å². The molecule has 114 valence electrons. The molecule has 4 nitrogen and oxygen atoms in total. The fourth-order valence-electron chi connectivity index (χ4n) is 2.54. The summed E-state index contributed by atoms with van der Waals surface area (Å²) in [6.45, 7) is 4.26. The lowest BCUT2D eigenvalue weighted by molar-refractivity contribution is 0.340. The first-order valence-corrected chi connectivity index (χ1v) is 7.32. The van der Waals surface area contributed by atoms with Gasteiger partial charge < -0.3 is 14.6 Å². The number of unbranched alkanes of at least 4 members (excludes halogenated alkanes) is 1. The van der Waals surface area contributed by atoms with E-state index >= 15 is 0 Å². The highest BCUT2D eigenvalue weighted by Crippen LogP contribution is 2.38. The molecule has 0 radical (unpaired) electrons. The highest BCUT2D eigenvalue weighted by molar-refractivity contribution is 6.05. The summed E-state index contributed by atoms with van der Waals surface area (Å²) in [5.74, 6) is 0.844. The van der Waals surface area contributed by atoms with E-state index in [0.29, 0.717) is 11.5 Å². The Balaban J connectivity index is 2.27. The van der Waals surface area contributed by atoms with Crippen LogP contribution < -0.4 is 9.47 Å². The Morgan fingerprint density at radius 3 is 2.33 bits per heavy atom. The number of nitrogens with zero attached hydrogens (tertiary/aromatic N) is 1. The lowest BCUT2D eigenvalue weighted by atomic mass is 9.99. The smallest absolute Gasteiger partial charge is 0.200 e. The summed E-state index contributed by atoms with van der Waals surface area (Å²) in [6.07, 6.45) is 4.34. The number of benzene rings is 1. The third kappa shape index (κ3) is 3.20. The minimum absolute atomic E-state index is 0.0261. The highest BCUT2D eigenvalue weighted by Gasteiger charge is 2.19. The number of allylic oxidation sites excluding steroid dienone is 2. The van der Waals surface area contributed by atoms with Crippen LogP contribution in [0.2, 0.25) is 0 Å². The van der Waals surface area contributed by atoms with Gasteiger partial charge in [0.25, 0.3) is 0 Å². The van der Waals surface area contributed by atoms with E-state index in [4.69, 9.17) is 9.47 Å². The molecule has 0 aromatic heterocycles. The van der Waals surface area contributed by atoms with Gasteiger partial charge in [-0.15, -0.1) is 0 Å². The Bertz CT molecular complexity index is 563. The fourth-order valence-corrected chi connectivity index (χ4v) is 2.54. The second-order valence-electron chi connectivity index (χ2n) is 5.26. The summed E-state index contributed by atoms with van der Waals surface area (Å²) >= 11 is 0. The minimum Gasteiger partial charge on any atom is -0.502 e. The van der Waals surface area contributed by atoms with Crippen molar-refractivity contribution in [2.75, 3.05) is 14.2 Å². The van der Waals surface area contributed by atoms with Gasteiger partial charge in [0.1, 0.15) is 0 Å². The third-order valence-electron chi connectivity index (χ3n) is 3.84. The van der Waals surface area contributed by atoms with Gasteiger partial charge in [-0.1, -0.05) is 13.3 Å². The minimum atomic E-state index is 0.0261. The first-order chi connectivity index (χ1) is 10.1. The molecule has 4 heteroatoms. The van der Waals surface area contributed by atoms with Crippen molar-refractivity contribution in [3.05, 3.63) is 29.0 Å². The van der Waals surface area contributed by atoms with Crippen LogP contribution in [0.5, 0.6) is 17.2 Å². The van der Waals surface area contributed by atoms with Gasteiger partial charge in [0.15, 0.2) is 11.5 Å². The van der Waals surface area contributed by atoms with E-state index in [1.807, 2.05) is 12.1 Å². The van der Waals surface area contributed by atoms with Crippen LogP contribution in [-0.4, -0.2) is 25.0 Å². The van der Waals surface area contributed by atoms with Crippen LogP contribution >= 0.6 is 0 Å². The highest BCUT2D eigenvalue weighted by atomic mass is 16.5. The first-order valence-electron chi connectivity index (χ1n) is 7.32. The van der Waals surface area contributed by atoms with Gasteiger partial charge >= 0.3 is 0 Å². The summed E-state index contributed by atoms with van der Waals surface area (Å²) in [5, 5.41) is 9.98. The number of methoxy groups -OCH3 is 2. The molecule has 0 saturated carbocycles. The molecule has 0 unspecified atom stereocenters. The Morgan fingerprint density at radius 2 is 1.81 bits per heavy atom. The Kier molecular flexibility index (Phi) is 4.89. The summed E-state index contributed by atoms with van der Waals surface area (Å²) in [6, 6.07) is 3.62. The first kappa shape index (κ1) is 15.4. The zero-order valence-electron chi connectivity index (χ0n) is 13.2. The molecule has 2 rings (SSSR count). The number of ether oxygens (including phenoxy) is 2. The van der Waals surface area contributed by atoms with E-state index in [2.05, 4.69) is 18.8 Å². The molecule has 0 atom stereocenters. The van der Waals surface area contributed by atoms with Gasteiger partial charge in [-0.3, -0.25) is 4.99 Å². The Hall–Kier alpha value is -1.97. The Morgan fingerprint density at radius 1 is 1.19 bits per heavy atom. The molecule has 0 amide bonds. The standard InChI is InChI=1S/C17H23NO3/c1-5-6-7-12-8-14(18-11(12)2)13-9-15(20-3)17(19)16(10-13)21-4/h9-10,19H,5-8H2,1-4H3. The van der Waals surface area contributed by atoms with Crippen molar-refractivity contribution in [3.63, 3.8) is 0 Å². The number of phenols is 1. The molecule has 1 aliphatic rings. The molecular formula is C17H23NO3. The zero-order valence-corrected chi connectivity index (χ0v) is 13.2. The fraction of sp³-hybridized carbons (Fsp3) is 0.471. The lowest BCUT2D eigenvalue weighted by Gasteiger charge is -2.11. The molecule has 1 aromatic carbocycles. The Labute approximate surface area is 126 Å². The van der Waals surface area contributed by atoms with Crippen LogP contribution in [0, 0.1) is 0 Å². The van der Waals surface area contributed by atoms with E-state index in [9.17, 15) is 5.11 Å². The van der Waals surface area contributed by atoms with Gasteiger partial charge in [-0.2, -0.15) is 0 Å². The molecule has 0 fully saturated rings. The normalized spacial score (nSPS) is 14.4. The maximum atomic E-state index is 9.98. The van der Waals surface area contributed by atoms with Gasteiger partial charge in [0.05, 0.1) is 19.9 Å². The van der Waals surface area contributed by atoms with Crippen molar-refractivity contribution in [2.24, 2.45) is 4.99 Å². The van der Waals surface area contributed by atoms with Crippen LogP contribution in [-0.2, 0) is 0 Å². The van der Waals surface area contributed by atoms with E-state index in [-0.39, 0.29) is 5.75 Å². The van der Waals surface area contributed by atoms with E-state index < -0.39 is 0 Å². The van der Waals surface area contributed by atoms with Crippen molar-refractivity contribution >= 4 is 5.71 Å². The van der Waals surface area contributed by atoms with Gasteiger partial charge in [-0.05, 0) is 37.5 Å². The topological polar surface area (TPSA) is 51.0 Å². The molecule has 0 saturated heterocycles. The van der Waals surface area contributed by atoms with Crippen LogP contribution in [0.15, 0.2) is 28.4 Å². The molecule has 0 spiro atoms. The van der Waals surface area contributed by atoms with Gasteiger partial charge in [-0.25, -0.2) is 0 Å². The quantitative estimate of drug-likeness (QED) is 0.859. The van der Waals surface area contributed by atoms with Gasteiger partial charge in [0, 0.05) is 17.7 Å². The summed E-state index contributed by atoms with van der Waals surface area (Å²) in [7, 11) is 3.07. The molecule has 1 N–H and O–H groups in total. The molecule has 1 aromatic rings. The number of aliphatic imine (C=N–C) groups is 1. The van der Waals surface area contributed by atoms with Crippen molar-refractivity contribution in [3.8, 4) is 17.2 Å². The molecular weight excluding hydrogens is 266 g/mol. The van der Waals surface area contributed by atoms with Crippen molar-refractivity contribution < 1.29 is 14.6 Å². The molecule has 0 bridgehead atoms. The lowest BCUT2D eigenvalue weighted by Crippen LogP contribution is -2.01. The maximum Gasteiger partial charge on any atom is 0.200 e. The predicted octanol–water partition coefficient (Wildman–Crippen LogP) is 4.07. The van der Waals surface area contributed by atoms with Gasteiger partial charge in [0.2, 0.25) is 5.75 Å². The number of phenolic OH excluding ortho intramolecular Hbond substituents is 1. The van der Waals surface area contributed by atoms with Crippen LogP contribution in [0.1, 0.15) is 45.1 Å². The van der Waals surface area contributed by atoms with Crippen molar-refractivity contribution in [2.45, 2.75) is 39.5 Å². The van der Waals surface area contributed by atoms with E-state index in [0.717, 1.165) is 29.8 Å². The summed E-state index contributed by atoms with van der Waals surface area (Å²) < 4.78 is 10.4.